The first-order chi connectivity index (χ1) is 13.9. The molecule has 1 aliphatic carbocycles. The van der Waals surface area contributed by atoms with Gasteiger partial charge in [-0.25, -0.2) is 4.79 Å². The van der Waals surface area contributed by atoms with Crippen molar-refractivity contribution >= 4 is 33.6 Å². The van der Waals surface area contributed by atoms with Gasteiger partial charge in [-0.2, -0.15) is 0 Å². The fourth-order valence-corrected chi connectivity index (χ4v) is 4.61. The standard InChI is InChI=1S/C21H21BrN2O5/c1-2-3-9-28-19(26)17-18(23)29-15-8-7-11(22)10-12(15)21(17)16-13(24-20(21)27)5-4-6-14(16)25/h7-8,10H,2-6,9,23H2,1H3,(H,24,27)/t21-/m0/s1. The normalized spacial score (nSPS) is 23.0. The highest BCUT2D eigenvalue weighted by molar-refractivity contribution is 9.10. The van der Waals surface area contributed by atoms with Gasteiger partial charge in [-0.3, -0.25) is 9.59 Å². The third kappa shape index (κ3) is 2.88. The van der Waals surface area contributed by atoms with E-state index in [0.29, 0.717) is 47.2 Å². The van der Waals surface area contributed by atoms with Gasteiger partial charge in [-0.05, 0) is 37.5 Å². The fraction of sp³-hybridized carbons (Fsp3) is 0.381. The fourth-order valence-electron chi connectivity index (χ4n) is 4.25. The van der Waals surface area contributed by atoms with Crippen LogP contribution in [0.3, 0.4) is 0 Å². The molecule has 1 aromatic rings. The van der Waals surface area contributed by atoms with Crippen LogP contribution in [0, 0.1) is 0 Å². The Balaban J connectivity index is 1.97. The lowest BCUT2D eigenvalue weighted by Crippen LogP contribution is -2.48. The molecule has 4 rings (SSSR count). The van der Waals surface area contributed by atoms with Crippen molar-refractivity contribution in [1.82, 2.24) is 5.32 Å². The lowest BCUT2D eigenvalue weighted by Gasteiger charge is -2.37. The Bertz CT molecular complexity index is 997. The van der Waals surface area contributed by atoms with Gasteiger partial charge in [0, 0.05) is 27.7 Å². The summed E-state index contributed by atoms with van der Waals surface area (Å²) in [5.74, 6) is -1.29. The number of nitrogens with one attached hydrogen (secondary N) is 1. The summed E-state index contributed by atoms with van der Waals surface area (Å²) in [4.78, 5) is 39.6. The van der Waals surface area contributed by atoms with Crippen LogP contribution in [0.4, 0.5) is 0 Å². The highest BCUT2D eigenvalue weighted by Gasteiger charge is 2.61. The second-order valence-electron chi connectivity index (χ2n) is 7.31. The molecule has 1 amide bonds. The van der Waals surface area contributed by atoms with Crippen LogP contribution >= 0.6 is 15.9 Å². The van der Waals surface area contributed by atoms with Crippen LogP contribution in [0.25, 0.3) is 0 Å². The maximum atomic E-state index is 13.5. The molecule has 7 nitrogen and oxygen atoms in total. The molecule has 8 heteroatoms. The SMILES string of the molecule is CCCCOC(=O)C1=C(N)Oc2ccc(Br)cc2[C@@]12C(=O)NC1=C2C(=O)CCC1. The molecule has 152 valence electrons. The minimum atomic E-state index is -1.67. The summed E-state index contributed by atoms with van der Waals surface area (Å²) in [7, 11) is 0. The van der Waals surface area contributed by atoms with Crippen LogP contribution in [0.1, 0.15) is 44.6 Å². The van der Waals surface area contributed by atoms with Crippen LogP contribution < -0.4 is 15.8 Å². The van der Waals surface area contributed by atoms with Crippen LogP contribution in [0.2, 0.25) is 0 Å². The van der Waals surface area contributed by atoms with Gasteiger partial charge < -0.3 is 20.5 Å². The molecule has 1 atom stereocenters. The zero-order valence-corrected chi connectivity index (χ0v) is 17.6. The lowest BCUT2D eigenvalue weighted by molar-refractivity contribution is -0.141. The van der Waals surface area contributed by atoms with Gasteiger partial charge in [0.05, 0.1) is 6.61 Å². The van der Waals surface area contributed by atoms with Gasteiger partial charge >= 0.3 is 5.97 Å². The smallest absolute Gasteiger partial charge is 0.341 e. The van der Waals surface area contributed by atoms with E-state index in [0.717, 1.165) is 6.42 Å². The van der Waals surface area contributed by atoms with E-state index in [1.165, 1.54) is 0 Å². The number of amides is 1. The molecule has 0 bridgehead atoms. The first-order valence-corrected chi connectivity index (χ1v) is 10.4. The van der Waals surface area contributed by atoms with Gasteiger partial charge in [0.25, 0.3) is 0 Å². The van der Waals surface area contributed by atoms with Crippen LogP contribution in [0.5, 0.6) is 5.75 Å². The number of benzene rings is 1. The Kier molecular flexibility index (Phi) is 4.98. The molecule has 29 heavy (non-hydrogen) atoms. The number of unbranched alkanes of at least 4 members (excludes halogenated alkanes) is 1. The summed E-state index contributed by atoms with van der Waals surface area (Å²) in [6.45, 7) is 2.16. The molecule has 2 aliphatic heterocycles. The molecule has 0 radical (unpaired) electrons. The van der Waals surface area contributed by atoms with E-state index in [-0.39, 0.29) is 29.4 Å². The van der Waals surface area contributed by atoms with E-state index in [9.17, 15) is 14.4 Å². The van der Waals surface area contributed by atoms with Gasteiger partial charge in [0.2, 0.25) is 11.8 Å². The number of hydrogen-bond acceptors (Lipinski definition) is 6. The van der Waals surface area contributed by atoms with Crippen molar-refractivity contribution in [2.75, 3.05) is 6.61 Å². The molecule has 1 spiro atoms. The third-order valence-corrected chi connectivity index (χ3v) is 6.01. The Labute approximate surface area is 176 Å². The van der Waals surface area contributed by atoms with Crippen molar-refractivity contribution in [3.63, 3.8) is 0 Å². The molecule has 0 unspecified atom stereocenters. The largest absolute Gasteiger partial charge is 0.462 e. The number of carbonyl (C=O) groups is 3. The molecule has 0 saturated carbocycles. The highest BCUT2D eigenvalue weighted by atomic mass is 79.9. The van der Waals surface area contributed by atoms with E-state index in [1.807, 2.05) is 6.92 Å². The maximum absolute atomic E-state index is 13.5. The zero-order valence-electron chi connectivity index (χ0n) is 16.0. The van der Waals surface area contributed by atoms with Gasteiger partial charge in [-0.1, -0.05) is 29.3 Å². The van der Waals surface area contributed by atoms with Crippen molar-refractivity contribution < 1.29 is 23.9 Å². The minimum absolute atomic E-state index is 0.128. The van der Waals surface area contributed by atoms with E-state index in [2.05, 4.69) is 21.2 Å². The molecule has 3 aliphatic rings. The average molecular weight is 461 g/mol. The minimum Gasteiger partial charge on any atom is -0.462 e. The molecule has 0 saturated heterocycles. The topological polar surface area (TPSA) is 108 Å². The van der Waals surface area contributed by atoms with Crippen molar-refractivity contribution in [1.29, 1.82) is 0 Å². The molecule has 0 aromatic heterocycles. The van der Waals surface area contributed by atoms with E-state index in [4.69, 9.17) is 15.2 Å². The second kappa shape index (κ2) is 7.33. The number of ether oxygens (including phenoxy) is 2. The van der Waals surface area contributed by atoms with Crippen molar-refractivity contribution in [3.05, 3.63) is 51.0 Å². The molecular formula is C21H21BrN2O5. The second-order valence-corrected chi connectivity index (χ2v) is 8.22. The number of esters is 1. The van der Waals surface area contributed by atoms with Crippen molar-refractivity contribution in [2.45, 2.75) is 44.4 Å². The number of allylic oxidation sites excluding steroid dienone is 1. The predicted molar refractivity (Wildman–Crippen MR) is 108 cm³/mol. The molecule has 0 fully saturated rings. The number of carbonyl (C=O) groups excluding carboxylic acids is 3. The number of hydrogen-bond donors (Lipinski definition) is 2. The van der Waals surface area contributed by atoms with Gasteiger partial charge in [-0.15, -0.1) is 0 Å². The number of Topliss-reactive ketones (excluding diaryl/α,β-unsaturated/α-hetero) is 1. The summed E-state index contributed by atoms with van der Waals surface area (Å²) in [5.41, 5.74) is 5.59. The number of rotatable bonds is 4. The van der Waals surface area contributed by atoms with Gasteiger partial charge in [0.1, 0.15) is 16.7 Å². The van der Waals surface area contributed by atoms with Gasteiger partial charge in [0.15, 0.2) is 5.78 Å². The molecule has 1 aromatic carbocycles. The van der Waals surface area contributed by atoms with Crippen molar-refractivity contribution in [3.8, 4) is 5.75 Å². The summed E-state index contributed by atoms with van der Waals surface area (Å²) >= 11 is 3.42. The molecule has 3 N–H and O–H groups in total. The number of nitrogens with two attached hydrogens (primary N) is 1. The van der Waals surface area contributed by atoms with E-state index in [1.54, 1.807) is 18.2 Å². The maximum Gasteiger partial charge on any atom is 0.341 e. The zero-order chi connectivity index (χ0) is 20.8. The summed E-state index contributed by atoms with van der Waals surface area (Å²) in [6.07, 6.45) is 3.02. The van der Waals surface area contributed by atoms with E-state index < -0.39 is 17.3 Å². The first kappa shape index (κ1) is 19.7. The van der Waals surface area contributed by atoms with Crippen LogP contribution in [-0.2, 0) is 24.5 Å². The quantitative estimate of drug-likeness (QED) is 0.528. The number of fused-ring (bicyclic) bond motifs is 3. The number of halogens is 1. The Morgan fingerprint density at radius 1 is 1.34 bits per heavy atom. The lowest BCUT2D eigenvalue weighted by atomic mass is 9.65. The molecule has 2 heterocycles. The first-order valence-electron chi connectivity index (χ1n) is 9.64. The molecular weight excluding hydrogens is 440 g/mol. The van der Waals surface area contributed by atoms with Crippen molar-refractivity contribution in [2.24, 2.45) is 5.73 Å². The van der Waals surface area contributed by atoms with E-state index >= 15 is 0 Å². The summed E-state index contributed by atoms with van der Waals surface area (Å²) in [5, 5.41) is 2.83. The summed E-state index contributed by atoms with van der Waals surface area (Å²) in [6, 6.07) is 5.10. The van der Waals surface area contributed by atoms with Crippen LogP contribution in [0.15, 0.2) is 45.4 Å². The third-order valence-electron chi connectivity index (χ3n) is 5.51. The predicted octanol–water partition coefficient (Wildman–Crippen LogP) is 2.73. The highest BCUT2D eigenvalue weighted by Crippen LogP contribution is 2.53. The Hall–Kier alpha value is -2.61. The Morgan fingerprint density at radius 2 is 2.14 bits per heavy atom. The van der Waals surface area contributed by atoms with Crippen LogP contribution in [-0.4, -0.2) is 24.3 Å². The summed E-state index contributed by atoms with van der Waals surface area (Å²) < 4.78 is 11.8. The monoisotopic (exact) mass is 460 g/mol. The Morgan fingerprint density at radius 3 is 2.90 bits per heavy atom. The number of ketones is 1. The average Bonchev–Trinajstić information content (AvgIpc) is 2.96.